The molecule has 2 N–H and O–H groups in total. The molecule has 338 valence electrons. The Balaban J connectivity index is 1.09. The van der Waals surface area contributed by atoms with Crippen molar-refractivity contribution in [2.45, 2.75) is 68.9 Å². The molecule has 1 aromatic heterocycles. The summed E-state index contributed by atoms with van der Waals surface area (Å²) in [5.41, 5.74) is 1.48. The average Bonchev–Trinajstić information content (AvgIpc) is 3.53. The Bertz CT molecular complexity index is 2420. The van der Waals surface area contributed by atoms with Gasteiger partial charge in [0.2, 0.25) is 11.8 Å². The lowest BCUT2D eigenvalue weighted by molar-refractivity contribution is -0.143. The number of nitrogens with zero attached hydrogens (tertiary/aromatic N) is 6. The van der Waals surface area contributed by atoms with Crippen LogP contribution in [0.3, 0.4) is 0 Å². The minimum Gasteiger partial charge on any atom is -0.490 e. The van der Waals surface area contributed by atoms with E-state index in [1.54, 1.807) is 31.3 Å². The van der Waals surface area contributed by atoms with Crippen molar-refractivity contribution in [3.8, 4) is 11.6 Å². The normalized spacial score (nSPS) is 30.7. The van der Waals surface area contributed by atoms with Gasteiger partial charge in [-0.25, -0.2) is 4.21 Å². The molecular weight excluding hydrogens is 846 g/mol. The number of amides is 3. The molecule has 1 saturated carbocycles. The van der Waals surface area contributed by atoms with Gasteiger partial charge in [-0.1, -0.05) is 36.7 Å². The van der Waals surface area contributed by atoms with Gasteiger partial charge in [0.05, 0.1) is 56.4 Å². The molecule has 6 aliphatic rings. The van der Waals surface area contributed by atoms with Crippen molar-refractivity contribution < 1.29 is 37.9 Å². The average molecular weight is 905 g/mol. The number of aryl methyl sites for hydroxylation is 2. The maximum absolute atomic E-state index is 14.9. The third-order valence-corrected chi connectivity index (χ3v) is 16.4. The number of carbonyl (C=O) groups excluding carboxylic acids is 3. The van der Waals surface area contributed by atoms with E-state index in [2.05, 4.69) is 36.1 Å². The fourth-order valence-corrected chi connectivity index (χ4v) is 12.7. The molecule has 4 aliphatic heterocycles. The first kappa shape index (κ1) is 43.8. The number of hydrogen-bond donors (Lipinski definition) is 2. The molecule has 9 rings (SSSR count). The van der Waals surface area contributed by atoms with Crippen LogP contribution in [0.25, 0.3) is 0 Å². The van der Waals surface area contributed by atoms with E-state index in [0.717, 1.165) is 58.4 Å². The summed E-state index contributed by atoms with van der Waals surface area (Å²) in [4.78, 5) is 48.7. The SMILES string of the molecule is COc1nn(C)cc1C(=O)NS1(=O)=NC(=O)c2ccc3c(c2)N(C[C@@H]2CC[C@H]2[C@](O)(CC(=O)N2CCN(C4COC4)CC2)/C=C\C[C@H](C)C1)C[C@@]1(CCCc2cc(Cl)ccc21)CO3. The zero-order valence-electron chi connectivity index (χ0n) is 36.3. The summed E-state index contributed by atoms with van der Waals surface area (Å²) in [5.74, 6) is -1.65. The second-order valence-corrected chi connectivity index (χ2v) is 21.0. The number of rotatable bonds is 6. The summed E-state index contributed by atoms with van der Waals surface area (Å²) in [6.07, 6.45) is 9.73. The number of nitrogens with one attached hydrogen (secondary N) is 1. The zero-order valence-corrected chi connectivity index (χ0v) is 37.9. The topological polar surface area (TPSA) is 168 Å². The van der Waals surface area contributed by atoms with Crippen LogP contribution >= 0.6 is 11.6 Å². The quantitative estimate of drug-likeness (QED) is 0.327. The number of aliphatic hydroxyl groups is 1. The van der Waals surface area contributed by atoms with E-state index in [9.17, 15) is 23.7 Å². The molecule has 5 heterocycles. The molecule has 2 bridgehead atoms. The first-order valence-corrected chi connectivity index (χ1v) is 24.3. The lowest BCUT2D eigenvalue weighted by Gasteiger charge is -2.49. The number of piperazine rings is 1. The maximum atomic E-state index is 14.9. The standard InChI is InChI=1S/C46H58ClN7O8S/c1-30-6-4-15-46(58,22-41(55)53-18-16-52(17-19-53)35-25-61-26-35)38-11-8-33(38)23-54-28-45(14-5-7-31-20-34(47)10-12-37(31)45)29-62-40-13-9-32(21-39(40)54)42(56)49-63(59,27-30)50-43(57)36-24-51(2)48-44(36)60-3/h4,9-10,12-13,15,20-21,24,30,33,35,38,58H,5-8,11,14,16-19,22-23,25-29H2,1-3H3,(H,49,50,56,57,59)/b15-4-/t30-,33-,38+,45-,46+,63?/m0/s1. The van der Waals surface area contributed by atoms with Gasteiger partial charge in [-0.3, -0.25) is 28.7 Å². The van der Waals surface area contributed by atoms with Crippen molar-refractivity contribution in [3.05, 3.63) is 82.0 Å². The van der Waals surface area contributed by atoms with Crippen LogP contribution in [0.1, 0.15) is 77.3 Å². The number of carbonyl (C=O) groups is 3. The third-order valence-electron chi connectivity index (χ3n) is 14.2. The number of fused-ring (bicyclic) bond motifs is 4. The molecule has 0 radical (unpaired) electrons. The van der Waals surface area contributed by atoms with E-state index >= 15 is 0 Å². The Hall–Kier alpha value is -4.48. The van der Waals surface area contributed by atoms with Crippen molar-refractivity contribution in [3.63, 3.8) is 0 Å². The zero-order chi connectivity index (χ0) is 44.1. The second-order valence-electron chi connectivity index (χ2n) is 18.6. The minimum absolute atomic E-state index is 0.0204. The molecule has 17 heteroatoms. The Morgan fingerprint density at radius 2 is 1.92 bits per heavy atom. The molecule has 63 heavy (non-hydrogen) atoms. The highest BCUT2D eigenvalue weighted by Gasteiger charge is 2.49. The smallest absolute Gasteiger partial charge is 0.286 e. The fourth-order valence-electron chi connectivity index (χ4n) is 10.6. The molecule has 2 saturated heterocycles. The fraction of sp³-hybridized carbons (Fsp3) is 0.565. The summed E-state index contributed by atoms with van der Waals surface area (Å²) in [6, 6.07) is 11.7. The van der Waals surface area contributed by atoms with Crippen molar-refractivity contribution in [2.24, 2.45) is 29.2 Å². The van der Waals surface area contributed by atoms with Gasteiger partial charge in [0.15, 0.2) is 0 Å². The Kier molecular flexibility index (Phi) is 12.1. The van der Waals surface area contributed by atoms with Gasteiger partial charge in [0.25, 0.3) is 11.8 Å². The summed E-state index contributed by atoms with van der Waals surface area (Å²) in [7, 11) is -0.729. The van der Waals surface area contributed by atoms with Crippen LogP contribution in [0.15, 0.2) is 59.1 Å². The first-order valence-electron chi connectivity index (χ1n) is 22.2. The number of methoxy groups -OCH3 is 1. The molecule has 1 spiro atoms. The van der Waals surface area contributed by atoms with E-state index in [4.69, 9.17) is 25.8 Å². The molecule has 2 aromatic carbocycles. The predicted molar refractivity (Wildman–Crippen MR) is 239 cm³/mol. The minimum atomic E-state index is -3.75. The van der Waals surface area contributed by atoms with E-state index in [-0.39, 0.29) is 52.8 Å². The predicted octanol–water partition coefficient (Wildman–Crippen LogP) is 4.79. The van der Waals surface area contributed by atoms with Crippen LogP contribution in [0, 0.1) is 17.8 Å². The molecule has 3 amide bonds. The Labute approximate surface area is 374 Å². The van der Waals surface area contributed by atoms with Crippen LogP contribution in [-0.4, -0.2) is 130 Å². The van der Waals surface area contributed by atoms with Gasteiger partial charge in [0.1, 0.15) is 21.2 Å². The number of hydrogen-bond acceptors (Lipinski definition) is 11. The van der Waals surface area contributed by atoms with Gasteiger partial charge in [0, 0.05) is 68.5 Å². The molecule has 1 unspecified atom stereocenters. The highest BCUT2D eigenvalue weighted by atomic mass is 35.5. The van der Waals surface area contributed by atoms with Crippen LogP contribution in [0.5, 0.6) is 11.6 Å². The largest absolute Gasteiger partial charge is 0.490 e. The first-order chi connectivity index (χ1) is 30.2. The van der Waals surface area contributed by atoms with Gasteiger partial charge >= 0.3 is 0 Å². The van der Waals surface area contributed by atoms with E-state index in [0.29, 0.717) is 61.7 Å². The summed E-state index contributed by atoms with van der Waals surface area (Å²) >= 11 is 6.52. The monoisotopic (exact) mass is 903 g/mol. The highest BCUT2D eigenvalue weighted by Crippen LogP contribution is 2.49. The number of halogens is 1. The summed E-state index contributed by atoms with van der Waals surface area (Å²) < 4.78 is 40.6. The number of ether oxygens (including phenoxy) is 3. The van der Waals surface area contributed by atoms with Gasteiger partial charge < -0.3 is 29.1 Å². The molecular formula is C46H58ClN7O8S. The van der Waals surface area contributed by atoms with Crippen LogP contribution in [0.4, 0.5) is 5.69 Å². The van der Waals surface area contributed by atoms with E-state index < -0.39 is 32.7 Å². The summed E-state index contributed by atoms with van der Waals surface area (Å²) in [5, 5.41) is 17.7. The van der Waals surface area contributed by atoms with Gasteiger partial charge in [-0.15, -0.1) is 9.46 Å². The third kappa shape index (κ3) is 8.85. The number of benzene rings is 2. The lowest BCUT2D eigenvalue weighted by atomic mass is 9.63. The van der Waals surface area contributed by atoms with Crippen molar-refractivity contribution >= 4 is 44.9 Å². The highest BCUT2D eigenvalue weighted by molar-refractivity contribution is 7.92. The van der Waals surface area contributed by atoms with Gasteiger partial charge in [-0.05, 0) is 97.7 Å². The summed E-state index contributed by atoms with van der Waals surface area (Å²) in [6.45, 7) is 7.56. The molecule has 2 aliphatic carbocycles. The number of aromatic nitrogens is 2. The van der Waals surface area contributed by atoms with Crippen LogP contribution in [0.2, 0.25) is 5.02 Å². The Morgan fingerprint density at radius 3 is 2.65 bits per heavy atom. The molecule has 3 aromatic rings. The van der Waals surface area contributed by atoms with Crippen molar-refractivity contribution in [1.29, 1.82) is 0 Å². The number of anilines is 1. The molecule has 3 fully saturated rings. The molecule has 6 atom stereocenters. The second kappa shape index (κ2) is 17.5. The van der Waals surface area contributed by atoms with E-state index in [1.165, 1.54) is 29.1 Å². The maximum Gasteiger partial charge on any atom is 0.286 e. The van der Waals surface area contributed by atoms with Gasteiger partial charge in [-0.2, -0.15) is 0 Å². The van der Waals surface area contributed by atoms with Crippen molar-refractivity contribution in [2.75, 3.05) is 76.9 Å². The lowest BCUT2D eigenvalue weighted by Crippen LogP contribution is -2.58. The van der Waals surface area contributed by atoms with Crippen molar-refractivity contribution in [1.82, 2.24) is 24.3 Å². The van der Waals surface area contributed by atoms with E-state index in [1.807, 2.05) is 24.0 Å². The Morgan fingerprint density at radius 1 is 1.11 bits per heavy atom. The number of allylic oxidation sites excluding steroid dienone is 1. The molecule has 15 nitrogen and oxygen atoms in total. The van der Waals surface area contributed by atoms with Crippen LogP contribution in [-0.2, 0) is 38.3 Å². The van der Waals surface area contributed by atoms with Crippen LogP contribution < -0.4 is 19.1 Å².